The maximum absolute atomic E-state index is 12.9. The number of benzene rings is 2. The van der Waals surface area contributed by atoms with E-state index in [4.69, 9.17) is 4.42 Å². The van der Waals surface area contributed by atoms with Gasteiger partial charge in [-0.1, -0.05) is 29.5 Å². The zero-order valence-electron chi connectivity index (χ0n) is 17.8. The first kappa shape index (κ1) is 20.6. The van der Waals surface area contributed by atoms with Crippen molar-refractivity contribution in [1.82, 2.24) is 24.8 Å². The normalized spacial score (nSPS) is 13.9. The molecule has 9 heteroatoms. The number of carbonyl (C=O) groups excluding carboxylic acids is 2. The molecule has 4 aromatic rings. The van der Waals surface area contributed by atoms with E-state index < -0.39 is 0 Å². The van der Waals surface area contributed by atoms with Gasteiger partial charge in [0.1, 0.15) is 5.52 Å². The third kappa shape index (κ3) is 4.12. The second-order valence-electron chi connectivity index (χ2n) is 7.83. The minimum atomic E-state index is -0.206. The van der Waals surface area contributed by atoms with Crippen molar-refractivity contribution in [3.63, 3.8) is 0 Å². The number of amides is 2. The fourth-order valence-corrected chi connectivity index (χ4v) is 3.90. The topological polar surface area (TPSA) is 102 Å². The van der Waals surface area contributed by atoms with E-state index in [-0.39, 0.29) is 23.9 Å². The molecule has 2 amide bonds. The third-order valence-electron chi connectivity index (χ3n) is 5.75. The molecule has 0 atom stereocenters. The molecule has 166 valence electrons. The summed E-state index contributed by atoms with van der Waals surface area (Å²) < 4.78 is 6.49. The highest BCUT2D eigenvalue weighted by Gasteiger charge is 2.26. The maximum atomic E-state index is 12.9. The molecule has 3 heterocycles. The summed E-state index contributed by atoms with van der Waals surface area (Å²) in [5.41, 5.74) is 1.75. The van der Waals surface area contributed by atoms with Crippen molar-refractivity contribution in [3.8, 4) is 0 Å². The van der Waals surface area contributed by atoms with E-state index in [2.05, 4.69) is 10.3 Å². The number of carbonyl (C=O) groups is 2. The van der Waals surface area contributed by atoms with Crippen LogP contribution in [0.15, 0.2) is 76.1 Å². The van der Waals surface area contributed by atoms with Gasteiger partial charge in [0.05, 0.1) is 18.2 Å². The van der Waals surface area contributed by atoms with Gasteiger partial charge in [0.15, 0.2) is 5.76 Å². The Hall–Kier alpha value is -4.27. The zero-order chi connectivity index (χ0) is 22.8. The average Bonchev–Trinajstić information content (AvgIpc) is 3.41. The summed E-state index contributed by atoms with van der Waals surface area (Å²) in [6, 6.07) is 17.5. The molecular weight excluding hydrogens is 422 g/mol. The van der Waals surface area contributed by atoms with Crippen LogP contribution in [0.5, 0.6) is 0 Å². The first-order chi connectivity index (χ1) is 16.1. The lowest BCUT2D eigenvalue weighted by Gasteiger charge is -2.34. The number of furan rings is 1. The highest BCUT2D eigenvalue weighted by Crippen LogP contribution is 2.14. The molecule has 0 N–H and O–H groups in total. The van der Waals surface area contributed by atoms with Crippen molar-refractivity contribution < 1.29 is 14.0 Å². The second kappa shape index (κ2) is 8.70. The van der Waals surface area contributed by atoms with Crippen molar-refractivity contribution in [2.45, 2.75) is 6.54 Å². The van der Waals surface area contributed by atoms with Crippen LogP contribution in [-0.2, 0) is 6.54 Å². The lowest BCUT2D eigenvalue weighted by Crippen LogP contribution is -2.50. The Morgan fingerprint density at radius 3 is 2.24 bits per heavy atom. The van der Waals surface area contributed by atoms with Crippen molar-refractivity contribution in [1.29, 1.82) is 0 Å². The lowest BCUT2D eigenvalue weighted by molar-refractivity contribution is 0.0518. The van der Waals surface area contributed by atoms with Crippen LogP contribution in [0.1, 0.15) is 26.5 Å². The third-order valence-corrected chi connectivity index (χ3v) is 5.75. The van der Waals surface area contributed by atoms with Gasteiger partial charge in [-0.2, -0.15) is 0 Å². The lowest BCUT2D eigenvalue weighted by atomic mass is 10.1. The highest BCUT2D eigenvalue weighted by molar-refractivity contribution is 5.95. The predicted molar refractivity (Wildman–Crippen MR) is 120 cm³/mol. The smallest absolute Gasteiger partial charge is 0.289 e. The zero-order valence-corrected chi connectivity index (χ0v) is 17.8. The minimum absolute atomic E-state index is 0.0886. The molecule has 1 aliphatic rings. The standard InChI is InChI=1S/C24H21N5O4/c30-22(27-11-13-28(14-12-27)24(32)21-6-3-15-33-21)18-9-7-17(8-10-18)16-29-23(31)19-4-1-2-5-20(19)25-26-29/h1-10,15H,11-14,16H2. The quantitative estimate of drug-likeness (QED) is 0.478. The van der Waals surface area contributed by atoms with Crippen LogP contribution in [-0.4, -0.2) is 62.8 Å². The summed E-state index contributed by atoms with van der Waals surface area (Å²) >= 11 is 0. The van der Waals surface area contributed by atoms with E-state index >= 15 is 0 Å². The van der Waals surface area contributed by atoms with E-state index in [1.165, 1.54) is 10.9 Å². The average molecular weight is 443 g/mol. The number of hydrogen-bond donors (Lipinski definition) is 0. The first-order valence-electron chi connectivity index (χ1n) is 10.6. The summed E-state index contributed by atoms with van der Waals surface area (Å²) in [4.78, 5) is 41.3. The van der Waals surface area contributed by atoms with Crippen LogP contribution >= 0.6 is 0 Å². The summed E-state index contributed by atoms with van der Waals surface area (Å²) in [6.45, 7) is 2.07. The summed E-state index contributed by atoms with van der Waals surface area (Å²) in [7, 11) is 0. The van der Waals surface area contributed by atoms with E-state index in [1.54, 1.807) is 52.3 Å². The molecule has 33 heavy (non-hydrogen) atoms. The summed E-state index contributed by atoms with van der Waals surface area (Å²) in [5.74, 6) is 0.0540. The van der Waals surface area contributed by atoms with Crippen LogP contribution in [0.4, 0.5) is 0 Å². The van der Waals surface area contributed by atoms with Gasteiger partial charge in [0.25, 0.3) is 17.4 Å². The van der Waals surface area contributed by atoms with Crippen LogP contribution < -0.4 is 5.56 Å². The van der Waals surface area contributed by atoms with Gasteiger partial charge in [-0.3, -0.25) is 14.4 Å². The van der Waals surface area contributed by atoms with Crippen molar-refractivity contribution in [3.05, 3.63) is 94.2 Å². The Labute approximate surface area is 188 Å². The van der Waals surface area contributed by atoms with Crippen LogP contribution in [0.2, 0.25) is 0 Å². The molecule has 1 fully saturated rings. The van der Waals surface area contributed by atoms with Gasteiger partial charge in [-0.15, -0.1) is 5.10 Å². The Morgan fingerprint density at radius 1 is 0.848 bits per heavy atom. The summed E-state index contributed by atoms with van der Waals surface area (Å²) in [5, 5.41) is 8.63. The molecule has 0 bridgehead atoms. The SMILES string of the molecule is O=C(c1ccc(Cn2nnc3ccccc3c2=O)cc1)N1CCN(C(=O)c2ccco2)CC1. The van der Waals surface area contributed by atoms with Gasteiger partial charge in [0, 0.05) is 31.7 Å². The fourth-order valence-electron chi connectivity index (χ4n) is 3.90. The Bertz CT molecular complexity index is 1350. The van der Waals surface area contributed by atoms with Crippen LogP contribution in [0.25, 0.3) is 10.9 Å². The van der Waals surface area contributed by atoms with E-state index in [1.807, 2.05) is 18.2 Å². The number of fused-ring (bicyclic) bond motifs is 1. The Kier molecular flexibility index (Phi) is 5.43. The van der Waals surface area contributed by atoms with Gasteiger partial charge in [-0.25, -0.2) is 4.68 Å². The molecule has 0 saturated carbocycles. The molecular formula is C24H21N5O4. The van der Waals surface area contributed by atoms with Crippen molar-refractivity contribution in [2.24, 2.45) is 0 Å². The predicted octanol–water partition coefficient (Wildman–Crippen LogP) is 2.03. The van der Waals surface area contributed by atoms with Crippen molar-refractivity contribution >= 4 is 22.7 Å². The van der Waals surface area contributed by atoms with E-state index in [9.17, 15) is 14.4 Å². The molecule has 5 rings (SSSR count). The van der Waals surface area contributed by atoms with Crippen molar-refractivity contribution in [2.75, 3.05) is 26.2 Å². The minimum Gasteiger partial charge on any atom is -0.459 e. The largest absolute Gasteiger partial charge is 0.459 e. The van der Waals surface area contributed by atoms with Crippen LogP contribution in [0.3, 0.4) is 0 Å². The second-order valence-corrected chi connectivity index (χ2v) is 7.83. The van der Waals surface area contributed by atoms with Gasteiger partial charge < -0.3 is 14.2 Å². The molecule has 0 spiro atoms. The highest BCUT2D eigenvalue weighted by atomic mass is 16.3. The molecule has 2 aromatic heterocycles. The fraction of sp³-hybridized carbons (Fsp3) is 0.208. The van der Waals surface area contributed by atoms with E-state index in [0.717, 1.165) is 5.56 Å². The first-order valence-corrected chi connectivity index (χ1v) is 10.6. The maximum Gasteiger partial charge on any atom is 0.289 e. The van der Waals surface area contributed by atoms with E-state index in [0.29, 0.717) is 48.4 Å². The molecule has 1 saturated heterocycles. The molecule has 0 aliphatic carbocycles. The number of hydrogen-bond acceptors (Lipinski definition) is 6. The molecule has 0 unspecified atom stereocenters. The number of rotatable bonds is 4. The number of aromatic nitrogens is 3. The molecule has 2 aromatic carbocycles. The van der Waals surface area contributed by atoms with Gasteiger partial charge in [-0.05, 0) is 42.0 Å². The Balaban J connectivity index is 1.23. The van der Waals surface area contributed by atoms with Crippen LogP contribution in [0, 0.1) is 0 Å². The monoisotopic (exact) mass is 443 g/mol. The summed E-state index contributed by atoms with van der Waals surface area (Å²) in [6.07, 6.45) is 1.47. The number of piperazine rings is 1. The Morgan fingerprint density at radius 2 is 1.55 bits per heavy atom. The number of nitrogens with zero attached hydrogens (tertiary/aromatic N) is 5. The van der Waals surface area contributed by atoms with Gasteiger partial charge in [0.2, 0.25) is 0 Å². The molecule has 1 aliphatic heterocycles. The van der Waals surface area contributed by atoms with Gasteiger partial charge >= 0.3 is 0 Å². The molecule has 0 radical (unpaired) electrons. The molecule has 9 nitrogen and oxygen atoms in total.